The van der Waals surface area contributed by atoms with Gasteiger partial charge in [0, 0.05) is 18.0 Å². The van der Waals surface area contributed by atoms with Gasteiger partial charge in [-0.1, -0.05) is 13.8 Å². The molecule has 0 radical (unpaired) electrons. The first kappa shape index (κ1) is 13.9. The molecule has 3 N–H and O–H groups in total. The number of hydrogen-bond donors (Lipinski definition) is 2. The van der Waals surface area contributed by atoms with E-state index in [0.717, 1.165) is 38.0 Å². The summed E-state index contributed by atoms with van der Waals surface area (Å²) in [6.07, 6.45) is 7.86. The molecule has 0 aliphatic heterocycles. The molecule has 0 spiro atoms. The molecule has 2 rings (SSSR count). The van der Waals surface area contributed by atoms with Crippen molar-refractivity contribution in [2.45, 2.75) is 70.9 Å². The van der Waals surface area contributed by atoms with Crippen molar-refractivity contribution in [1.29, 1.82) is 0 Å². The molecule has 1 amide bonds. The second-order valence-electron chi connectivity index (χ2n) is 6.62. The molecular weight excluding hydrogens is 224 g/mol. The molecule has 0 aromatic heterocycles. The van der Waals surface area contributed by atoms with Crippen molar-refractivity contribution in [3.63, 3.8) is 0 Å². The van der Waals surface area contributed by atoms with Gasteiger partial charge in [0.2, 0.25) is 5.91 Å². The van der Waals surface area contributed by atoms with Crippen LogP contribution in [0.1, 0.15) is 58.8 Å². The van der Waals surface area contributed by atoms with Crippen LogP contribution in [0.2, 0.25) is 0 Å². The van der Waals surface area contributed by atoms with Gasteiger partial charge in [0.05, 0.1) is 0 Å². The number of amides is 1. The fourth-order valence-electron chi connectivity index (χ4n) is 3.43. The number of hydrogen-bond acceptors (Lipinski definition) is 2. The quantitative estimate of drug-likeness (QED) is 0.793. The lowest BCUT2D eigenvalue weighted by Crippen LogP contribution is -2.45. The predicted octanol–water partition coefficient (Wildman–Crippen LogP) is 2.44. The number of nitrogens with two attached hydrogens (primary N) is 1. The molecule has 0 saturated heterocycles. The van der Waals surface area contributed by atoms with Crippen LogP contribution in [0.3, 0.4) is 0 Å². The zero-order valence-corrected chi connectivity index (χ0v) is 11.8. The molecule has 18 heavy (non-hydrogen) atoms. The van der Waals surface area contributed by atoms with Crippen molar-refractivity contribution in [2.75, 3.05) is 0 Å². The van der Waals surface area contributed by atoms with Crippen LogP contribution < -0.4 is 11.1 Å². The van der Waals surface area contributed by atoms with E-state index < -0.39 is 0 Å². The normalized spacial score (nSPS) is 41.4. The number of rotatable bonds is 2. The monoisotopic (exact) mass is 252 g/mol. The van der Waals surface area contributed by atoms with Gasteiger partial charge >= 0.3 is 0 Å². The minimum absolute atomic E-state index is 0.146. The van der Waals surface area contributed by atoms with E-state index in [1.54, 1.807) is 0 Å². The van der Waals surface area contributed by atoms with Crippen LogP contribution in [0.5, 0.6) is 0 Å². The van der Waals surface area contributed by atoms with Gasteiger partial charge < -0.3 is 11.1 Å². The molecule has 0 aromatic carbocycles. The van der Waals surface area contributed by atoms with Gasteiger partial charge in [-0.3, -0.25) is 4.79 Å². The molecule has 0 aromatic rings. The van der Waals surface area contributed by atoms with Crippen LogP contribution in [0.4, 0.5) is 0 Å². The van der Waals surface area contributed by atoms with E-state index in [1.807, 2.05) is 0 Å². The van der Waals surface area contributed by atoms with Crippen molar-refractivity contribution in [2.24, 2.45) is 23.5 Å². The summed E-state index contributed by atoms with van der Waals surface area (Å²) in [4.78, 5) is 12.3. The molecule has 2 fully saturated rings. The third kappa shape index (κ3) is 3.47. The third-order valence-corrected chi connectivity index (χ3v) is 4.94. The van der Waals surface area contributed by atoms with Crippen LogP contribution in [0.15, 0.2) is 0 Å². The van der Waals surface area contributed by atoms with Crippen LogP contribution in [-0.4, -0.2) is 18.0 Å². The average Bonchev–Trinajstić information content (AvgIpc) is 2.35. The zero-order chi connectivity index (χ0) is 13.1. The molecule has 3 unspecified atom stereocenters. The Bertz CT molecular complexity index is 284. The summed E-state index contributed by atoms with van der Waals surface area (Å²) in [5.74, 6) is 1.73. The summed E-state index contributed by atoms with van der Waals surface area (Å²) in [7, 11) is 0. The Morgan fingerprint density at radius 2 is 1.72 bits per heavy atom. The van der Waals surface area contributed by atoms with Crippen molar-refractivity contribution < 1.29 is 4.79 Å². The largest absolute Gasteiger partial charge is 0.353 e. The fraction of sp³-hybridized carbons (Fsp3) is 0.933. The second kappa shape index (κ2) is 6.05. The van der Waals surface area contributed by atoms with Gasteiger partial charge in [0.25, 0.3) is 0 Å². The molecule has 0 bridgehead atoms. The van der Waals surface area contributed by atoms with Crippen LogP contribution in [0.25, 0.3) is 0 Å². The van der Waals surface area contributed by atoms with Gasteiger partial charge in [-0.05, 0) is 56.8 Å². The Balaban J connectivity index is 1.83. The summed E-state index contributed by atoms with van der Waals surface area (Å²) in [5, 5.41) is 3.27. The van der Waals surface area contributed by atoms with E-state index in [1.165, 1.54) is 12.8 Å². The first-order valence-corrected chi connectivity index (χ1v) is 7.62. The smallest absolute Gasteiger partial charge is 0.223 e. The van der Waals surface area contributed by atoms with Crippen LogP contribution >= 0.6 is 0 Å². The summed E-state index contributed by atoms with van der Waals surface area (Å²) < 4.78 is 0. The minimum atomic E-state index is 0.146. The molecule has 104 valence electrons. The highest BCUT2D eigenvalue weighted by molar-refractivity contribution is 5.79. The third-order valence-electron chi connectivity index (χ3n) is 4.94. The Hall–Kier alpha value is -0.570. The molecule has 2 aliphatic carbocycles. The number of nitrogens with one attached hydrogen (secondary N) is 1. The van der Waals surface area contributed by atoms with E-state index in [0.29, 0.717) is 12.0 Å². The van der Waals surface area contributed by atoms with Gasteiger partial charge in [-0.15, -0.1) is 0 Å². The van der Waals surface area contributed by atoms with E-state index in [4.69, 9.17) is 5.73 Å². The van der Waals surface area contributed by atoms with E-state index in [2.05, 4.69) is 19.2 Å². The molecular formula is C15H28N2O. The number of carbonyl (C=O) groups excluding carboxylic acids is 1. The summed E-state index contributed by atoms with van der Waals surface area (Å²) in [5.41, 5.74) is 6.00. The predicted molar refractivity (Wildman–Crippen MR) is 74.0 cm³/mol. The van der Waals surface area contributed by atoms with Crippen molar-refractivity contribution in [1.82, 2.24) is 5.32 Å². The van der Waals surface area contributed by atoms with Crippen molar-refractivity contribution >= 4 is 5.91 Å². The molecule has 3 atom stereocenters. The Morgan fingerprint density at radius 3 is 2.39 bits per heavy atom. The zero-order valence-electron chi connectivity index (χ0n) is 11.8. The molecule has 2 aliphatic rings. The van der Waals surface area contributed by atoms with Gasteiger partial charge in [-0.25, -0.2) is 0 Å². The van der Waals surface area contributed by atoms with E-state index in [-0.39, 0.29) is 17.9 Å². The maximum absolute atomic E-state index is 12.3. The highest BCUT2D eigenvalue weighted by Crippen LogP contribution is 2.30. The topological polar surface area (TPSA) is 55.1 Å². The molecule has 0 heterocycles. The SMILES string of the molecule is CC1CCC(NC(=O)C2CC(N)CCC2C)CC1. The molecule has 3 nitrogen and oxygen atoms in total. The van der Waals surface area contributed by atoms with E-state index >= 15 is 0 Å². The van der Waals surface area contributed by atoms with Crippen LogP contribution in [0, 0.1) is 17.8 Å². The average molecular weight is 252 g/mol. The van der Waals surface area contributed by atoms with Gasteiger partial charge in [0.1, 0.15) is 0 Å². The van der Waals surface area contributed by atoms with Gasteiger partial charge in [0.15, 0.2) is 0 Å². The summed E-state index contributed by atoms with van der Waals surface area (Å²) in [6, 6.07) is 0.641. The van der Waals surface area contributed by atoms with Crippen molar-refractivity contribution in [3.05, 3.63) is 0 Å². The lowest BCUT2D eigenvalue weighted by Gasteiger charge is -2.34. The molecule has 3 heteroatoms. The fourth-order valence-corrected chi connectivity index (χ4v) is 3.43. The lowest BCUT2D eigenvalue weighted by atomic mass is 9.77. The van der Waals surface area contributed by atoms with E-state index in [9.17, 15) is 4.79 Å². The maximum atomic E-state index is 12.3. The van der Waals surface area contributed by atoms with Gasteiger partial charge in [-0.2, -0.15) is 0 Å². The summed E-state index contributed by atoms with van der Waals surface area (Å²) in [6.45, 7) is 4.50. The Kier molecular flexibility index (Phi) is 4.66. The lowest BCUT2D eigenvalue weighted by molar-refractivity contribution is -0.128. The minimum Gasteiger partial charge on any atom is -0.353 e. The first-order valence-electron chi connectivity index (χ1n) is 7.62. The highest BCUT2D eigenvalue weighted by atomic mass is 16.2. The van der Waals surface area contributed by atoms with Crippen molar-refractivity contribution in [3.8, 4) is 0 Å². The summed E-state index contributed by atoms with van der Waals surface area (Å²) >= 11 is 0. The standard InChI is InChI=1S/C15H28N2O/c1-10-3-7-13(8-4-10)17-15(18)14-9-12(16)6-5-11(14)2/h10-14H,3-9,16H2,1-2H3,(H,17,18). The second-order valence-corrected chi connectivity index (χ2v) is 6.62. The first-order chi connectivity index (χ1) is 8.56. The molecule has 2 saturated carbocycles. The Morgan fingerprint density at radius 1 is 1.06 bits per heavy atom. The highest BCUT2D eigenvalue weighted by Gasteiger charge is 2.32. The number of carbonyl (C=O) groups is 1. The maximum Gasteiger partial charge on any atom is 0.223 e. The van der Waals surface area contributed by atoms with Crippen LogP contribution in [-0.2, 0) is 4.79 Å². The Labute approximate surface area is 111 Å².